The van der Waals surface area contributed by atoms with Crippen molar-refractivity contribution in [3.05, 3.63) is 112 Å². The average molecular weight is 527 g/mol. The molecule has 0 saturated carbocycles. The number of nitrogens with two attached hydrogens (primary N) is 1. The molecule has 4 aromatic rings. The highest BCUT2D eigenvalue weighted by molar-refractivity contribution is 6.09. The molecular formula is C30H28F2N6O. The van der Waals surface area contributed by atoms with Crippen LogP contribution in [0, 0.1) is 11.6 Å². The topological polar surface area (TPSA) is 98.2 Å². The van der Waals surface area contributed by atoms with Crippen molar-refractivity contribution >= 4 is 11.8 Å². The predicted molar refractivity (Wildman–Crippen MR) is 149 cm³/mol. The maximum absolute atomic E-state index is 13.7. The number of rotatable bonds is 7. The van der Waals surface area contributed by atoms with Crippen molar-refractivity contribution in [2.24, 2.45) is 10.7 Å². The lowest BCUT2D eigenvalue weighted by Gasteiger charge is -2.18. The van der Waals surface area contributed by atoms with Gasteiger partial charge in [0, 0.05) is 53.0 Å². The molecule has 0 amide bonds. The first kappa shape index (κ1) is 26.1. The maximum atomic E-state index is 13.7. The molecule has 2 aromatic carbocycles. The van der Waals surface area contributed by atoms with Gasteiger partial charge in [0.1, 0.15) is 11.6 Å². The zero-order chi connectivity index (χ0) is 27.2. The van der Waals surface area contributed by atoms with E-state index in [1.807, 2.05) is 42.6 Å². The summed E-state index contributed by atoms with van der Waals surface area (Å²) in [5.41, 5.74) is 10.2. The quantitative estimate of drug-likeness (QED) is 0.348. The van der Waals surface area contributed by atoms with Crippen LogP contribution in [0.2, 0.25) is 0 Å². The monoisotopic (exact) mass is 526 g/mol. The van der Waals surface area contributed by atoms with Gasteiger partial charge in [0.15, 0.2) is 0 Å². The number of piperidine rings is 1. The lowest BCUT2D eigenvalue weighted by molar-refractivity contribution is 0.461. The van der Waals surface area contributed by atoms with E-state index in [0.717, 1.165) is 60.0 Å². The number of nitrogens with zero attached hydrogens (tertiary/aromatic N) is 4. The Kier molecular flexibility index (Phi) is 7.98. The Morgan fingerprint density at radius 1 is 1.00 bits per heavy atom. The van der Waals surface area contributed by atoms with Gasteiger partial charge in [-0.25, -0.2) is 13.5 Å². The third kappa shape index (κ3) is 6.50. The minimum absolute atomic E-state index is 0.184. The number of aliphatic imine (C=N–C) groups is 1. The Morgan fingerprint density at radius 3 is 2.49 bits per heavy atom. The molecule has 39 heavy (non-hydrogen) atoms. The van der Waals surface area contributed by atoms with E-state index in [1.54, 1.807) is 12.4 Å². The number of hydrogen-bond acceptors (Lipinski definition) is 6. The number of pyridine rings is 1. The summed E-state index contributed by atoms with van der Waals surface area (Å²) >= 11 is 0. The van der Waals surface area contributed by atoms with Crippen molar-refractivity contribution in [1.82, 2.24) is 20.1 Å². The fourth-order valence-electron chi connectivity index (χ4n) is 4.51. The van der Waals surface area contributed by atoms with Crippen molar-refractivity contribution in [2.45, 2.75) is 25.4 Å². The zero-order valence-electron chi connectivity index (χ0n) is 21.2. The van der Waals surface area contributed by atoms with Crippen LogP contribution >= 0.6 is 0 Å². The molecule has 0 aliphatic carbocycles. The van der Waals surface area contributed by atoms with Gasteiger partial charge in [0.05, 0.1) is 24.0 Å². The first-order chi connectivity index (χ1) is 19.0. The van der Waals surface area contributed by atoms with Crippen LogP contribution < -0.4 is 16.6 Å². The first-order valence-electron chi connectivity index (χ1n) is 12.7. The zero-order valence-corrected chi connectivity index (χ0v) is 21.2. The first-order valence-corrected chi connectivity index (χ1v) is 12.7. The van der Waals surface area contributed by atoms with Crippen molar-refractivity contribution in [3.63, 3.8) is 0 Å². The van der Waals surface area contributed by atoms with Crippen molar-refractivity contribution in [3.8, 4) is 22.5 Å². The number of benzene rings is 2. The van der Waals surface area contributed by atoms with Gasteiger partial charge in [-0.1, -0.05) is 24.3 Å². The molecule has 9 heteroatoms. The molecular weight excluding hydrogens is 498 g/mol. The molecule has 1 saturated heterocycles. The lowest BCUT2D eigenvalue weighted by Crippen LogP contribution is -2.29. The molecule has 0 radical (unpaired) electrons. The second-order valence-electron chi connectivity index (χ2n) is 9.39. The van der Waals surface area contributed by atoms with Gasteiger partial charge < -0.3 is 11.1 Å². The van der Waals surface area contributed by atoms with E-state index in [1.165, 1.54) is 28.9 Å². The number of aromatic nitrogens is 3. The van der Waals surface area contributed by atoms with Crippen molar-refractivity contribution < 1.29 is 8.78 Å². The molecule has 0 atom stereocenters. The Hall–Kier alpha value is -4.50. The minimum atomic E-state index is -0.709. The summed E-state index contributed by atoms with van der Waals surface area (Å²) in [6.07, 6.45) is 7.15. The van der Waals surface area contributed by atoms with Crippen LogP contribution in [-0.4, -0.2) is 40.1 Å². The molecule has 7 nitrogen and oxygen atoms in total. The van der Waals surface area contributed by atoms with Gasteiger partial charge in [0.2, 0.25) is 0 Å². The van der Waals surface area contributed by atoms with Crippen LogP contribution in [0.1, 0.15) is 24.0 Å². The molecule has 0 unspecified atom stereocenters. The van der Waals surface area contributed by atoms with Gasteiger partial charge >= 0.3 is 0 Å². The Bertz CT molecular complexity index is 1550. The van der Waals surface area contributed by atoms with E-state index in [0.29, 0.717) is 11.7 Å². The third-order valence-electron chi connectivity index (χ3n) is 6.59. The average Bonchev–Trinajstić information content (AvgIpc) is 2.95. The highest BCUT2D eigenvalue weighted by Crippen LogP contribution is 2.22. The largest absolute Gasteiger partial charge is 0.404 e. The number of hydrogen-bond donors (Lipinski definition) is 2. The highest BCUT2D eigenvalue weighted by atomic mass is 19.1. The van der Waals surface area contributed by atoms with Crippen LogP contribution in [0.4, 0.5) is 8.78 Å². The fraction of sp³-hybridized carbons (Fsp3) is 0.200. The summed E-state index contributed by atoms with van der Waals surface area (Å²) in [7, 11) is 0. The lowest BCUT2D eigenvalue weighted by atomic mass is 10.0. The standard InChI is InChI=1S/C30H28F2N6O/c31-25-13-23(14-26(32)15-25)29-6-7-30(39)38(37-29)19-20-2-1-3-21(12-20)28-5-4-22(17-36-28)24(16-33)18-35-27-8-10-34-11-9-27/h1-7,12-18,27,34H,8-11,19,33H2. The van der Waals surface area contributed by atoms with Gasteiger partial charge in [0.25, 0.3) is 5.56 Å². The second kappa shape index (κ2) is 11.9. The van der Waals surface area contributed by atoms with Crippen LogP contribution in [0.25, 0.3) is 28.1 Å². The SMILES string of the molecule is NC=C(C=NC1CCNCC1)c1ccc(-c2cccc(Cn3nc(-c4cc(F)cc(F)c4)ccc3=O)c2)nc1. The maximum Gasteiger partial charge on any atom is 0.267 e. The normalized spacial score (nSPS) is 14.7. The molecule has 2 aromatic heterocycles. The summed E-state index contributed by atoms with van der Waals surface area (Å²) < 4.78 is 28.7. The minimum Gasteiger partial charge on any atom is -0.404 e. The van der Waals surface area contributed by atoms with E-state index in [2.05, 4.69) is 15.4 Å². The summed E-state index contributed by atoms with van der Waals surface area (Å²) in [6.45, 7) is 2.13. The highest BCUT2D eigenvalue weighted by Gasteiger charge is 2.12. The Labute approximate surface area is 224 Å². The van der Waals surface area contributed by atoms with Gasteiger partial charge in [-0.05, 0) is 61.8 Å². The molecule has 1 aliphatic rings. The number of nitrogens with one attached hydrogen (secondary N) is 1. The predicted octanol–water partition coefficient (Wildman–Crippen LogP) is 4.42. The molecule has 0 bridgehead atoms. The van der Waals surface area contributed by atoms with E-state index in [-0.39, 0.29) is 17.7 Å². The molecule has 5 rings (SSSR count). The second-order valence-corrected chi connectivity index (χ2v) is 9.39. The van der Waals surface area contributed by atoms with E-state index in [9.17, 15) is 13.6 Å². The Balaban J connectivity index is 1.33. The van der Waals surface area contributed by atoms with E-state index < -0.39 is 11.6 Å². The van der Waals surface area contributed by atoms with Crippen LogP contribution in [0.15, 0.2) is 88.9 Å². The smallest absolute Gasteiger partial charge is 0.267 e. The summed E-state index contributed by atoms with van der Waals surface area (Å²) in [4.78, 5) is 21.8. The van der Waals surface area contributed by atoms with Gasteiger partial charge in [-0.3, -0.25) is 14.8 Å². The summed E-state index contributed by atoms with van der Waals surface area (Å²) in [5, 5.41) is 7.67. The summed E-state index contributed by atoms with van der Waals surface area (Å²) in [6, 6.07) is 17.8. The Morgan fingerprint density at radius 2 is 1.77 bits per heavy atom. The van der Waals surface area contributed by atoms with Crippen molar-refractivity contribution in [2.75, 3.05) is 13.1 Å². The van der Waals surface area contributed by atoms with Gasteiger partial charge in [-0.15, -0.1) is 0 Å². The fourth-order valence-corrected chi connectivity index (χ4v) is 4.51. The molecule has 198 valence electrons. The van der Waals surface area contributed by atoms with Crippen LogP contribution in [0.5, 0.6) is 0 Å². The third-order valence-corrected chi connectivity index (χ3v) is 6.59. The van der Waals surface area contributed by atoms with Crippen molar-refractivity contribution in [1.29, 1.82) is 0 Å². The molecule has 1 fully saturated rings. The molecule has 3 N–H and O–H groups in total. The van der Waals surface area contributed by atoms with Crippen LogP contribution in [0.3, 0.4) is 0 Å². The summed E-state index contributed by atoms with van der Waals surface area (Å²) in [5.74, 6) is -1.42. The number of allylic oxidation sites excluding steroid dienone is 1. The van der Waals surface area contributed by atoms with E-state index in [4.69, 9.17) is 10.7 Å². The number of halogens is 2. The molecule has 3 heterocycles. The molecule has 1 aliphatic heterocycles. The van der Waals surface area contributed by atoms with Crippen LogP contribution in [-0.2, 0) is 6.54 Å². The van der Waals surface area contributed by atoms with E-state index >= 15 is 0 Å². The van der Waals surface area contributed by atoms with Gasteiger partial charge in [-0.2, -0.15) is 5.10 Å². The molecule has 0 spiro atoms.